The van der Waals surface area contributed by atoms with Crippen LogP contribution in [0, 0.1) is 4.77 Å². The van der Waals surface area contributed by atoms with Crippen LogP contribution in [0.2, 0.25) is 0 Å². The molecule has 0 atom stereocenters. The molecule has 0 saturated heterocycles. The number of H-pyrrole nitrogens is 1. The number of carbonyl (C=O) groups is 1. The van der Waals surface area contributed by atoms with Crippen LogP contribution in [-0.4, -0.2) is 15.5 Å². The first kappa shape index (κ1) is 18.8. The fraction of sp³-hybridized carbons (Fsp3) is 0.0870. The van der Waals surface area contributed by atoms with E-state index < -0.39 is 0 Å². The molecule has 0 radical (unpaired) electrons. The summed E-state index contributed by atoms with van der Waals surface area (Å²) < 4.78 is 1.86. The number of benzene rings is 3. The van der Waals surface area contributed by atoms with Crippen LogP contribution in [0.4, 0.5) is 0 Å². The molecular formula is C23H19N3O2S. The van der Waals surface area contributed by atoms with Crippen molar-refractivity contribution in [2.24, 2.45) is 0 Å². The van der Waals surface area contributed by atoms with Crippen molar-refractivity contribution in [2.75, 3.05) is 0 Å². The van der Waals surface area contributed by atoms with Gasteiger partial charge < -0.3 is 10.3 Å². The second-order valence-electron chi connectivity index (χ2n) is 6.74. The van der Waals surface area contributed by atoms with E-state index in [0.717, 1.165) is 11.1 Å². The van der Waals surface area contributed by atoms with Gasteiger partial charge in [0.1, 0.15) is 0 Å². The van der Waals surface area contributed by atoms with Crippen molar-refractivity contribution < 1.29 is 4.79 Å². The van der Waals surface area contributed by atoms with E-state index in [1.807, 2.05) is 60.7 Å². The normalized spacial score (nSPS) is 10.8. The van der Waals surface area contributed by atoms with Crippen molar-refractivity contribution >= 4 is 29.0 Å². The van der Waals surface area contributed by atoms with Crippen LogP contribution in [0.5, 0.6) is 0 Å². The van der Waals surface area contributed by atoms with Gasteiger partial charge in [-0.25, -0.2) is 0 Å². The summed E-state index contributed by atoms with van der Waals surface area (Å²) in [7, 11) is 0. The molecule has 5 nitrogen and oxygen atoms in total. The van der Waals surface area contributed by atoms with E-state index in [0.29, 0.717) is 34.3 Å². The third-order valence-electron chi connectivity index (χ3n) is 4.72. The van der Waals surface area contributed by atoms with Crippen molar-refractivity contribution in [1.82, 2.24) is 14.9 Å². The molecule has 0 unspecified atom stereocenters. The van der Waals surface area contributed by atoms with E-state index >= 15 is 0 Å². The zero-order chi connectivity index (χ0) is 20.2. The maximum Gasteiger partial charge on any atom is 0.262 e. The second-order valence-corrected chi connectivity index (χ2v) is 7.12. The number of aromatic amines is 1. The van der Waals surface area contributed by atoms with E-state index in [-0.39, 0.29) is 11.5 Å². The van der Waals surface area contributed by atoms with Gasteiger partial charge >= 0.3 is 0 Å². The Morgan fingerprint density at radius 1 is 0.931 bits per heavy atom. The molecule has 4 rings (SSSR count). The molecule has 0 fully saturated rings. The molecule has 0 aliphatic carbocycles. The van der Waals surface area contributed by atoms with Gasteiger partial charge in [-0.3, -0.25) is 14.2 Å². The average molecular weight is 401 g/mol. The Morgan fingerprint density at radius 3 is 2.28 bits per heavy atom. The van der Waals surface area contributed by atoms with E-state index in [1.54, 1.807) is 18.2 Å². The molecule has 2 N–H and O–H groups in total. The minimum atomic E-state index is -0.205. The number of rotatable bonds is 5. The van der Waals surface area contributed by atoms with Gasteiger partial charge in [0.2, 0.25) is 0 Å². The Morgan fingerprint density at radius 2 is 1.59 bits per heavy atom. The van der Waals surface area contributed by atoms with E-state index in [4.69, 9.17) is 12.2 Å². The number of nitrogens with one attached hydrogen (secondary N) is 2. The van der Waals surface area contributed by atoms with Gasteiger partial charge in [-0.15, -0.1) is 0 Å². The third kappa shape index (κ3) is 4.17. The third-order valence-corrected chi connectivity index (χ3v) is 5.05. The van der Waals surface area contributed by atoms with Crippen LogP contribution in [0.25, 0.3) is 10.9 Å². The van der Waals surface area contributed by atoms with E-state index in [9.17, 15) is 9.59 Å². The molecule has 3 aromatic carbocycles. The summed E-state index contributed by atoms with van der Waals surface area (Å²) in [5.41, 5.74) is 2.86. The van der Waals surface area contributed by atoms with Gasteiger partial charge in [0.15, 0.2) is 4.77 Å². The molecule has 0 saturated carbocycles. The molecule has 0 bridgehead atoms. The molecule has 4 aromatic rings. The van der Waals surface area contributed by atoms with E-state index in [2.05, 4.69) is 10.3 Å². The Labute approximate surface area is 172 Å². The molecule has 0 aliphatic rings. The Kier molecular flexibility index (Phi) is 5.35. The molecule has 1 aromatic heterocycles. The maximum atomic E-state index is 12.9. The van der Waals surface area contributed by atoms with Crippen molar-refractivity contribution in [2.45, 2.75) is 13.1 Å². The van der Waals surface area contributed by atoms with Crippen LogP contribution in [0.3, 0.4) is 0 Å². The number of fused-ring (bicyclic) bond motifs is 1. The molecule has 6 heteroatoms. The summed E-state index contributed by atoms with van der Waals surface area (Å²) in [5.74, 6) is -0.205. The number of nitrogens with zero attached hydrogens (tertiary/aromatic N) is 1. The van der Waals surface area contributed by atoms with Crippen LogP contribution < -0.4 is 10.9 Å². The fourth-order valence-corrected chi connectivity index (χ4v) is 3.44. The Hall–Kier alpha value is -3.51. The van der Waals surface area contributed by atoms with Crippen molar-refractivity contribution in [1.29, 1.82) is 0 Å². The fourth-order valence-electron chi connectivity index (χ4n) is 3.19. The molecule has 144 valence electrons. The summed E-state index contributed by atoms with van der Waals surface area (Å²) >= 11 is 5.40. The van der Waals surface area contributed by atoms with Gasteiger partial charge in [0.05, 0.1) is 17.4 Å². The number of carbonyl (C=O) groups excluding carboxylic acids is 1. The molecule has 1 amide bonds. The maximum absolute atomic E-state index is 12.9. The Bertz CT molecular complexity index is 1280. The van der Waals surface area contributed by atoms with Crippen LogP contribution in [0.15, 0.2) is 83.7 Å². The lowest BCUT2D eigenvalue weighted by Crippen LogP contribution is -2.24. The highest BCUT2D eigenvalue weighted by molar-refractivity contribution is 7.71. The SMILES string of the molecule is O=C(NCc1ccccc1)c1ccc2c(=O)n(Cc3ccccc3)c(=S)[nH]c2c1. The highest BCUT2D eigenvalue weighted by Gasteiger charge is 2.11. The Balaban J connectivity index is 1.61. The molecule has 1 heterocycles. The predicted octanol–water partition coefficient (Wildman–Crippen LogP) is 4.04. The summed E-state index contributed by atoms with van der Waals surface area (Å²) in [6.07, 6.45) is 0. The first-order chi connectivity index (χ1) is 14.1. The van der Waals surface area contributed by atoms with Gasteiger partial charge in [-0.1, -0.05) is 60.7 Å². The second kappa shape index (κ2) is 8.24. The molecular weight excluding hydrogens is 382 g/mol. The van der Waals surface area contributed by atoms with Crippen molar-refractivity contribution in [3.05, 3.63) is 111 Å². The quantitative estimate of drug-likeness (QED) is 0.496. The number of aromatic nitrogens is 2. The molecule has 0 spiro atoms. The average Bonchev–Trinajstić information content (AvgIpc) is 2.76. The van der Waals surface area contributed by atoms with Crippen LogP contribution in [-0.2, 0) is 13.1 Å². The topological polar surface area (TPSA) is 66.9 Å². The lowest BCUT2D eigenvalue weighted by Gasteiger charge is -2.10. The lowest BCUT2D eigenvalue weighted by atomic mass is 10.1. The van der Waals surface area contributed by atoms with E-state index in [1.165, 1.54) is 4.57 Å². The zero-order valence-corrected chi connectivity index (χ0v) is 16.4. The largest absolute Gasteiger partial charge is 0.348 e. The number of amides is 1. The highest BCUT2D eigenvalue weighted by atomic mass is 32.1. The predicted molar refractivity (Wildman–Crippen MR) is 117 cm³/mol. The summed E-state index contributed by atoms with van der Waals surface area (Å²) in [4.78, 5) is 28.5. The van der Waals surface area contributed by atoms with Gasteiger partial charge in [0, 0.05) is 12.1 Å². The smallest absolute Gasteiger partial charge is 0.262 e. The lowest BCUT2D eigenvalue weighted by molar-refractivity contribution is 0.0951. The first-order valence-corrected chi connectivity index (χ1v) is 9.65. The first-order valence-electron chi connectivity index (χ1n) is 9.25. The standard InChI is InChI=1S/C23H19N3O2S/c27-21(24-14-16-7-3-1-4-8-16)18-11-12-19-20(13-18)25-23(29)26(22(19)28)15-17-9-5-2-6-10-17/h1-13H,14-15H2,(H,24,27)(H,25,29). The summed E-state index contributed by atoms with van der Waals surface area (Å²) in [6.45, 7) is 0.830. The minimum Gasteiger partial charge on any atom is -0.348 e. The monoisotopic (exact) mass is 401 g/mol. The van der Waals surface area contributed by atoms with Crippen molar-refractivity contribution in [3.8, 4) is 0 Å². The van der Waals surface area contributed by atoms with Crippen LogP contribution >= 0.6 is 12.2 Å². The number of hydrogen-bond donors (Lipinski definition) is 2. The highest BCUT2D eigenvalue weighted by Crippen LogP contribution is 2.12. The molecule has 29 heavy (non-hydrogen) atoms. The summed E-state index contributed by atoms with van der Waals surface area (Å²) in [5, 5.41) is 3.39. The van der Waals surface area contributed by atoms with Crippen molar-refractivity contribution in [3.63, 3.8) is 0 Å². The zero-order valence-electron chi connectivity index (χ0n) is 15.6. The van der Waals surface area contributed by atoms with Gasteiger partial charge in [0.25, 0.3) is 11.5 Å². The van der Waals surface area contributed by atoms with Gasteiger partial charge in [-0.2, -0.15) is 0 Å². The summed E-state index contributed by atoms with van der Waals surface area (Å²) in [6, 6.07) is 24.4. The van der Waals surface area contributed by atoms with Crippen LogP contribution in [0.1, 0.15) is 21.5 Å². The molecule has 0 aliphatic heterocycles. The van der Waals surface area contributed by atoms with Gasteiger partial charge in [-0.05, 0) is 41.5 Å². The number of hydrogen-bond acceptors (Lipinski definition) is 3. The minimum absolute atomic E-state index is 0.177.